The van der Waals surface area contributed by atoms with Gasteiger partial charge in [-0.2, -0.15) is 0 Å². The third kappa shape index (κ3) is 4.73. The van der Waals surface area contributed by atoms with Gasteiger partial charge in [0.25, 0.3) is 0 Å². The van der Waals surface area contributed by atoms with Crippen molar-refractivity contribution in [2.45, 2.75) is 46.8 Å². The first-order valence-corrected chi connectivity index (χ1v) is 4.74. The van der Waals surface area contributed by atoms with Crippen LogP contribution >= 0.6 is 0 Å². The quantitative estimate of drug-likeness (QED) is 0.691. The molecule has 2 nitrogen and oxygen atoms in total. The maximum Gasteiger partial charge on any atom is 0.0745 e. The Bertz CT molecular complexity index is 100. The molecule has 0 bridgehead atoms. The van der Waals surface area contributed by atoms with Gasteiger partial charge in [-0.05, 0) is 18.8 Å². The summed E-state index contributed by atoms with van der Waals surface area (Å²) < 4.78 is 5.58. The lowest BCUT2D eigenvalue weighted by atomic mass is 9.96. The van der Waals surface area contributed by atoms with Crippen LogP contribution in [-0.4, -0.2) is 23.9 Å². The van der Waals surface area contributed by atoms with Gasteiger partial charge in [-0.1, -0.05) is 27.7 Å². The Morgan fingerprint density at radius 2 is 1.42 bits per heavy atom. The van der Waals surface area contributed by atoms with E-state index in [1.165, 1.54) is 0 Å². The first-order valence-electron chi connectivity index (χ1n) is 4.74. The molecule has 0 aliphatic rings. The Labute approximate surface area is 75.9 Å². The van der Waals surface area contributed by atoms with Gasteiger partial charge in [0.2, 0.25) is 0 Å². The molecule has 0 amide bonds. The van der Waals surface area contributed by atoms with Gasteiger partial charge in [0.15, 0.2) is 0 Å². The summed E-state index contributed by atoms with van der Waals surface area (Å²) >= 11 is 0. The first-order chi connectivity index (χ1) is 5.45. The van der Waals surface area contributed by atoms with Crippen molar-refractivity contribution in [1.29, 1.82) is 0 Å². The molecule has 1 N–H and O–H groups in total. The minimum atomic E-state index is -0.356. The van der Waals surface area contributed by atoms with Gasteiger partial charge in [-0.25, -0.2) is 0 Å². The molecular formula is C10H22O2. The van der Waals surface area contributed by atoms with Crippen molar-refractivity contribution in [2.24, 2.45) is 11.8 Å². The van der Waals surface area contributed by atoms with E-state index in [-0.39, 0.29) is 12.2 Å². The lowest BCUT2D eigenvalue weighted by Gasteiger charge is -2.25. The predicted octanol–water partition coefficient (Wildman–Crippen LogP) is 2.06. The minimum absolute atomic E-state index is 0.264. The lowest BCUT2D eigenvalue weighted by Crippen LogP contribution is -2.28. The van der Waals surface area contributed by atoms with Gasteiger partial charge in [0, 0.05) is 0 Å². The molecule has 0 heterocycles. The summed E-state index contributed by atoms with van der Waals surface area (Å²) in [4.78, 5) is 0. The van der Waals surface area contributed by atoms with Crippen LogP contribution in [0.5, 0.6) is 0 Å². The molecule has 0 aromatic carbocycles. The molecule has 1 atom stereocenters. The Hall–Kier alpha value is -0.0800. The Morgan fingerprint density at radius 1 is 1.00 bits per heavy atom. The highest BCUT2D eigenvalue weighted by molar-refractivity contribution is 4.66. The summed E-state index contributed by atoms with van der Waals surface area (Å²) in [5, 5.41) is 9.04. The summed E-state index contributed by atoms with van der Waals surface area (Å²) in [6, 6.07) is 0. The maximum atomic E-state index is 9.04. The number of hydrogen-bond acceptors (Lipinski definition) is 2. The number of aliphatic hydroxyl groups is 1. The van der Waals surface area contributed by atoms with Crippen molar-refractivity contribution in [2.75, 3.05) is 6.61 Å². The van der Waals surface area contributed by atoms with Crippen molar-refractivity contribution in [3.05, 3.63) is 0 Å². The van der Waals surface area contributed by atoms with Crippen molar-refractivity contribution in [1.82, 2.24) is 0 Å². The summed E-state index contributed by atoms with van der Waals surface area (Å²) in [5.74, 6) is 1.03. The second-order valence-corrected chi connectivity index (χ2v) is 4.14. The van der Waals surface area contributed by atoms with Crippen molar-refractivity contribution < 1.29 is 9.84 Å². The highest BCUT2D eigenvalue weighted by Gasteiger charge is 2.18. The standard InChI is InChI=1S/C10H22O2/c1-7(2)10(8(3)4)12-6-9(5)11/h7-11H,6H2,1-5H3. The van der Waals surface area contributed by atoms with Crippen LogP contribution in [0.2, 0.25) is 0 Å². The summed E-state index contributed by atoms with van der Waals surface area (Å²) in [7, 11) is 0. The molecule has 2 heteroatoms. The molecule has 0 fully saturated rings. The molecule has 0 saturated heterocycles. The molecule has 1 unspecified atom stereocenters. The molecule has 0 rings (SSSR count). The smallest absolute Gasteiger partial charge is 0.0745 e. The van der Waals surface area contributed by atoms with Gasteiger partial charge in [0.1, 0.15) is 0 Å². The number of hydrogen-bond donors (Lipinski definition) is 1. The fourth-order valence-electron chi connectivity index (χ4n) is 1.41. The van der Waals surface area contributed by atoms with Gasteiger partial charge in [-0.3, -0.25) is 0 Å². The molecule has 0 aliphatic heterocycles. The molecule has 12 heavy (non-hydrogen) atoms. The highest BCUT2D eigenvalue weighted by Crippen LogP contribution is 2.16. The third-order valence-corrected chi connectivity index (χ3v) is 1.84. The monoisotopic (exact) mass is 174 g/mol. The average Bonchev–Trinajstić information content (AvgIpc) is 1.84. The lowest BCUT2D eigenvalue weighted by molar-refractivity contribution is -0.0443. The van der Waals surface area contributed by atoms with Crippen LogP contribution in [0.4, 0.5) is 0 Å². The fourth-order valence-corrected chi connectivity index (χ4v) is 1.41. The van der Waals surface area contributed by atoms with Crippen LogP contribution in [0, 0.1) is 11.8 Å². The fraction of sp³-hybridized carbons (Fsp3) is 1.00. The zero-order chi connectivity index (χ0) is 9.72. The van der Waals surface area contributed by atoms with Gasteiger partial charge >= 0.3 is 0 Å². The van der Waals surface area contributed by atoms with Crippen molar-refractivity contribution >= 4 is 0 Å². The molecule has 74 valence electrons. The molecule has 0 aliphatic carbocycles. The normalized spacial score (nSPS) is 14.8. The second kappa shape index (κ2) is 5.55. The van der Waals surface area contributed by atoms with Crippen LogP contribution < -0.4 is 0 Å². The highest BCUT2D eigenvalue weighted by atomic mass is 16.5. The molecule has 0 aromatic rings. The zero-order valence-electron chi connectivity index (χ0n) is 8.87. The number of rotatable bonds is 5. The van der Waals surface area contributed by atoms with Crippen LogP contribution in [0.3, 0.4) is 0 Å². The topological polar surface area (TPSA) is 29.5 Å². The van der Waals surface area contributed by atoms with E-state index in [9.17, 15) is 0 Å². The number of aliphatic hydroxyl groups excluding tert-OH is 1. The largest absolute Gasteiger partial charge is 0.391 e. The van der Waals surface area contributed by atoms with E-state index < -0.39 is 0 Å². The Balaban J connectivity index is 3.80. The van der Waals surface area contributed by atoms with Crippen molar-refractivity contribution in [3.63, 3.8) is 0 Å². The van der Waals surface area contributed by atoms with Gasteiger partial charge in [-0.15, -0.1) is 0 Å². The predicted molar refractivity (Wildman–Crippen MR) is 51.1 cm³/mol. The second-order valence-electron chi connectivity index (χ2n) is 4.14. The molecule has 0 radical (unpaired) electrons. The summed E-state index contributed by atoms with van der Waals surface area (Å²) in [5.41, 5.74) is 0. The van der Waals surface area contributed by atoms with Crippen LogP contribution in [0.25, 0.3) is 0 Å². The van der Waals surface area contributed by atoms with Gasteiger partial charge in [0.05, 0.1) is 18.8 Å². The third-order valence-electron chi connectivity index (χ3n) is 1.84. The van der Waals surface area contributed by atoms with E-state index in [0.29, 0.717) is 18.4 Å². The van der Waals surface area contributed by atoms with Crippen LogP contribution in [-0.2, 0) is 4.74 Å². The van der Waals surface area contributed by atoms with E-state index in [1.54, 1.807) is 6.92 Å². The molecular weight excluding hydrogens is 152 g/mol. The Kier molecular flexibility index (Phi) is 5.51. The Morgan fingerprint density at radius 3 is 1.67 bits per heavy atom. The van der Waals surface area contributed by atoms with E-state index >= 15 is 0 Å². The first kappa shape index (κ1) is 11.9. The van der Waals surface area contributed by atoms with Crippen LogP contribution in [0.1, 0.15) is 34.6 Å². The van der Waals surface area contributed by atoms with E-state index in [4.69, 9.17) is 9.84 Å². The molecule has 0 spiro atoms. The van der Waals surface area contributed by atoms with E-state index in [1.807, 2.05) is 0 Å². The van der Waals surface area contributed by atoms with E-state index in [0.717, 1.165) is 0 Å². The van der Waals surface area contributed by atoms with E-state index in [2.05, 4.69) is 27.7 Å². The minimum Gasteiger partial charge on any atom is -0.391 e. The van der Waals surface area contributed by atoms with Gasteiger partial charge < -0.3 is 9.84 Å². The summed E-state index contributed by atoms with van der Waals surface area (Å²) in [6.45, 7) is 10.8. The number of ether oxygens (including phenoxy) is 1. The van der Waals surface area contributed by atoms with Crippen molar-refractivity contribution in [3.8, 4) is 0 Å². The molecule has 0 saturated carbocycles. The van der Waals surface area contributed by atoms with Crippen LogP contribution in [0.15, 0.2) is 0 Å². The maximum absolute atomic E-state index is 9.04. The summed E-state index contributed by atoms with van der Waals surface area (Å²) in [6.07, 6.45) is -0.0930. The SMILES string of the molecule is CC(O)COC(C(C)C)C(C)C. The average molecular weight is 174 g/mol. The zero-order valence-corrected chi connectivity index (χ0v) is 8.87. The molecule has 0 aromatic heterocycles.